The summed E-state index contributed by atoms with van der Waals surface area (Å²) in [7, 11) is 0. The molecule has 0 aliphatic heterocycles. The molecule has 0 spiro atoms. The Morgan fingerprint density at radius 3 is 2.75 bits per heavy atom. The zero-order valence-electron chi connectivity index (χ0n) is 9.40. The molecule has 1 saturated carbocycles. The molecule has 2 rings (SSSR count). The maximum absolute atomic E-state index is 10.9. The van der Waals surface area contributed by atoms with Crippen LogP contribution in [0.1, 0.15) is 35.2 Å². The van der Waals surface area contributed by atoms with Crippen LogP contribution in [0.15, 0.2) is 24.3 Å². The molecule has 0 radical (unpaired) electrons. The third kappa shape index (κ3) is 1.96. The smallest absolute Gasteiger partial charge is 0.335 e. The average molecular weight is 236 g/mol. The molecule has 86 valence electrons. The Morgan fingerprint density at radius 2 is 2.25 bits per heavy atom. The first-order valence-electron chi connectivity index (χ1n) is 5.51. The summed E-state index contributed by atoms with van der Waals surface area (Å²) in [4.78, 5) is 10.9. The number of hydrogen-bond acceptors (Lipinski definition) is 2. The van der Waals surface area contributed by atoms with Gasteiger partial charge in [-0.05, 0) is 36.8 Å². The quantitative estimate of drug-likeness (QED) is 0.872. The zero-order chi connectivity index (χ0) is 11.6. The van der Waals surface area contributed by atoms with E-state index in [4.69, 9.17) is 5.11 Å². The highest BCUT2D eigenvalue weighted by Gasteiger charge is 2.38. The SMILES string of the molecule is CSCC1(c2cccc(C(=O)O)c2)CCC1. The van der Waals surface area contributed by atoms with E-state index in [-0.39, 0.29) is 5.41 Å². The monoisotopic (exact) mass is 236 g/mol. The minimum atomic E-state index is -0.833. The van der Waals surface area contributed by atoms with Crippen molar-refractivity contribution >= 4 is 17.7 Å². The minimum absolute atomic E-state index is 0.241. The molecule has 1 aliphatic rings. The lowest BCUT2D eigenvalue weighted by atomic mass is 9.65. The summed E-state index contributed by atoms with van der Waals surface area (Å²) in [5, 5.41) is 8.99. The highest BCUT2D eigenvalue weighted by atomic mass is 32.2. The standard InChI is InChI=1S/C13H16O2S/c1-16-9-13(6-3-7-13)11-5-2-4-10(8-11)12(14)15/h2,4-5,8H,3,6-7,9H2,1H3,(H,14,15). The van der Waals surface area contributed by atoms with Crippen LogP contribution < -0.4 is 0 Å². The molecule has 1 N–H and O–H groups in total. The minimum Gasteiger partial charge on any atom is -0.478 e. The molecule has 0 heterocycles. The summed E-state index contributed by atoms with van der Waals surface area (Å²) in [6, 6.07) is 7.44. The van der Waals surface area contributed by atoms with Gasteiger partial charge in [0.2, 0.25) is 0 Å². The largest absolute Gasteiger partial charge is 0.478 e. The predicted octanol–water partition coefficient (Wildman–Crippen LogP) is 3.17. The van der Waals surface area contributed by atoms with Crippen LogP contribution in [0.3, 0.4) is 0 Å². The van der Waals surface area contributed by atoms with E-state index in [0.717, 1.165) is 5.75 Å². The second kappa shape index (κ2) is 4.50. The summed E-state index contributed by atoms with van der Waals surface area (Å²) in [6.45, 7) is 0. The third-order valence-corrected chi connectivity index (χ3v) is 4.29. The van der Waals surface area contributed by atoms with E-state index in [0.29, 0.717) is 5.56 Å². The molecule has 1 fully saturated rings. The van der Waals surface area contributed by atoms with E-state index in [1.807, 2.05) is 23.9 Å². The van der Waals surface area contributed by atoms with E-state index in [1.165, 1.54) is 24.8 Å². The first-order valence-corrected chi connectivity index (χ1v) is 6.90. The number of rotatable bonds is 4. The van der Waals surface area contributed by atoms with Gasteiger partial charge < -0.3 is 5.11 Å². The molecule has 0 saturated heterocycles. The molecular weight excluding hydrogens is 220 g/mol. The predicted molar refractivity (Wildman–Crippen MR) is 67.3 cm³/mol. The number of carbonyl (C=O) groups is 1. The van der Waals surface area contributed by atoms with Gasteiger partial charge in [0.25, 0.3) is 0 Å². The van der Waals surface area contributed by atoms with Crippen LogP contribution in [0.4, 0.5) is 0 Å². The van der Waals surface area contributed by atoms with Crippen LogP contribution in [0.2, 0.25) is 0 Å². The molecule has 0 aromatic heterocycles. The van der Waals surface area contributed by atoms with Crippen LogP contribution in [0, 0.1) is 0 Å². The third-order valence-electron chi connectivity index (χ3n) is 3.45. The van der Waals surface area contributed by atoms with Crippen molar-refractivity contribution in [1.82, 2.24) is 0 Å². The summed E-state index contributed by atoms with van der Waals surface area (Å²) < 4.78 is 0. The molecular formula is C13H16O2S. The summed E-state index contributed by atoms with van der Waals surface area (Å²) >= 11 is 1.85. The van der Waals surface area contributed by atoms with Gasteiger partial charge in [-0.25, -0.2) is 4.79 Å². The lowest BCUT2D eigenvalue weighted by molar-refractivity contribution is 0.0696. The van der Waals surface area contributed by atoms with E-state index in [2.05, 4.69) is 12.3 Å². The van der Waals surface area contributed by atoms with E-state index < -0.39 is 5.97 Å². The van der Waals surface area contributed by atoms with Crippen molar-refractivity contribution in [1.29, 1.82) is 0 Å². The Balaban J connectivity index is 2.31. The molecule has 1 aliphatic carbocycles. The summed E-state index contributed by atoms with van der Waals surface area (Å²) in [6.07, 6.45) is 5.76. The van der Waals surface area contributed by atoms with Crippen molar-refractivity contribution in [2.75, 3.05) is 12.0 Å². The molecule has 0 bridgehead atoms. The molecule has 1 aromatic rings. The van der Waals surface area contributed by atoms with Crippen molar-refractivity contribution in [3.8, 4) is 0 Å². The fraction of sp³-hybridized carbons (Fsp3) is 0.462. The molecule has 0 unspecified atom stereocenters. The molecule has 1 aromatic carbocycles. The number of carboxylic acid groups (broad SMARTS) is 1. The highest BCUT2D eigenvalue weighted by molar-refractivity contribution is 7.98. The second-order valence-corrected chi connectivity index (χ2v) is 5.32. The molecule has 0 amide bonds. The second-order valence-electron chi connectivity index (χ2n) is 4.45. The Morgan fingerprint density at radius 1 is 1.50 bits per heavy atom. The topological polar surface area (TPSA) is 37.3 Å². The van der Waals surface area contributed by atoms with E-state index in [1.54, 1.807) is 6.07 Å². The molecule has 0 atom stereocenters. The Labute approximate surface area is 100 Å². The average Bonchev–Trinajstić information content (AvgIpc) is 2.23. The highest BCUT2D eigenvalue weighted by Crippen LogP contribution is 2.45. The number of carboxylic acids is 1. The van der Waals surface area contributed by atoms with Crippen molar-refractivity contribution in [3.05, 3.63) is 35.4 Å². The molecule has 3 heteroatoms. The summed E-state index contributed by atoms with van der Waals surface area (Å²) in [5.41, 5.74) is 1.85. The first-order chi connectivity index (χ1) is 7.68. The van der Waals surface area contributed by atoms with Gasteiger partial charge in [0, 0.05) is 11.2 Å². The van der Waals surface area contributed by atoms with Crippen LogP contribution in [0.25, 0.3) is 0 Å². The maximum Gasteiger partial charge on any atom is 0.335 e. The lowest BCUT2D eigenvalue weighted by Gasteiger charge is -2.42. The number of hydrogen-bond donors (Lipinski definition) is 1. The van der Waals surface area contributed by atoms with Gasteiger partial charge in [-0.1, -0.05) is 18.6 Å². The van der Waals surface area contributed by atoms with Gasteiger partial charge in [0.15, 0.2) is 0 Å². The maximum atomic E-state index is 10.9. The van der Waals surface area contributed by atoms with E-state index in [9.17, 15) is 4.79 Å². The van der Waals surface area contributed by atoms with Crippen molar-refractivity contribution < 1.29 is 9.90 Å². The molecule has 2 nitrogen and oxygen atoms in total. The first kappa shape index (κ1) is 11.5. The van der Waals surface area contributed by atoms with Crippen molar-refractivity contribution in [3.63, 3.8) is 0 Å². The van der Waals surface area contributed by atoms with Gasteiger partial charge >= 0.3 is 5.97 Å². The molecule has 16 heavy (non-hydrogen) atoms. The fourth-order valence-corrected chi connectivity index (χ4v) is 3.39. The zero-order valence-corrected chi connectivity index (χ0v) is 10.2. The van der Waals surface area contributed by atoms with Crippen LogP contribution in [-0.4, -0.2) is 23.1 Å². The van der Waals surface area contributed by atoms with Crippen LogP contribution in [-0.2, 0) is 5.41 Å². The number of aromatic carboxylic acids is 1. The fourth-order valence-electron chi connectivity index (χ4n) is 2.38. The van der Waals surface area contributed by atoms with E-state index >= 15 is 0 Å². The normalized spacial score (nSPS) is 17.8. The van der Waals surface area contributed by atoms with Gasteiger partial charge in [-0.2, -0.15) is 11.8 Å². The number of benzene rings is 1. The van der Waals surface area contributed by atoms with Gasteiger partial charge in [-0.3, -0.25) is 0 Å². The Bertz CT molecular complexity index is 397. The summed E-state index contributed by atoms with van der Waals surface area (Å²) in [5.74, 6) is 0.260. The number of thioether (sulfide) groups is 1. The van der Waals surface area contributed by atoms with Crippen LogP contribution >= 0.6 is 11.8 Å². The Kier molecular flexibility index (Phi) is 3.24. The van der Waals surface area contributed by atoms with Crippen molar-refractivity contribution in [2.45, 2.75) is 24.7 Å². The van der Waals surface area contributed by atoms with Crippen molar-refractivity contribution in [2.24, 2.45) is 0 Å². The van der Waals surface area contributed by atoms with Gasteiger partial charge in [0.05, 0.1) is 5.56 Å². The lowest BCUT2D eigenvalue weighted by Crippen LogP contribution is -2.36. The van der Waals surface area contributed by atoms with Gasteiger partial charge in [0.1, 0.15) is 0 Å². The van der Waals surface area contributed by atoms with Crippen LogP contribution in [0.5, 0.6) is 0 Å². The Hall–Kier alpha value is -0.960. The van der Waals surface area contributed by atoms with Gasteiger partial charge in [-0.15, -0.1) is 0 Å².